The van der Waals surface area contributed by atoms with Crippen LogP contribution in [0.5, 0.6) is 0 Å². The van der Waals surface area contributed by atoms with Crippen molar-refractivity contribution in [2.75, 3.05) is 13.2 Å². The van der Waals surface area contributed by atoms with Crippen LogP contribution in [0.2, 0.25) is 0 Å². The molecule has 0 spiro atoms. The first-order valence-corrected chi connectivity index (χ1v) is 8.46. The zero-order chi connectivity index (χ0) is 15.6. The highest BCUT2D eigenvalue weighted by Crippen LogP contribution is 2.43. The minimum Gasteiger partial charge on any atom is -0.396 e. The van der Waals surface area contributed by atoms with Crippen LogP contribution in [0.3, 0.4) is 0 Å². The smallest absolute Gasteiger partial charge is 0.0805 e. The summed E-state index contributed by atoms with van der Waals surface area (Å²) < 4.78 is 12.8. The number of aliphatic hydroxyl groups excluding tert-OH is 2. The van der Waals surface area contributed by atoms with Crippen molar-refractivity contribution in [3.63, 3.8) is 0 Å². The predicted octanol–water partition coefficient (Wildman–Crippen LogP) is 2.63. The summed E-state index contributed by atoms with van der Waals surface area (Å²) in [7, 11) is -1.20. The topological polar surface area (TPSA) is 57.5 Å². The van der Waals surface area contributed by atoms with E-state index in [-0.39, 0.29) is 30.5 Å². The summed E-state index contributed by atoms with van der Waals surface area (Å²) >= 11 is 0. The largest absolute Gasteiger partial charge is 0.396 e. The van der Waals surface area contributed by atoms with Crippen LogP contribution < -0.4 is 0 Å². The Morgan fingerprint density at radius 3 is 2.33 bits per heavy atom. The summed E-state index contributed by atoms with van der Waals surface area (Å²) in [5.41, 5.74) is 0.873. The summed E-state index contributed by atoms with van der Waals surface area (Å²) in [5.74, 6) is -0.0410. The molecule has 0 aromatic heterocycles. The fourth-order valence-electron chi connectivity index (χ4n) is 3.11. The molecule has 0 heterocycles. The highest BCUT2D eigenvalue weighted by atomic mass is 32.2. The molecule has 1 aliphatic carbocycles. The van der Waals surface area contributed by atoms with Gasteiger partial charge in [0, 0.05) is 23.0 Å². The average Bonchev–Trinajstić information content (AvgIpc) is 2.45. The van der Waals surface area contributed by atoms with Crippen molar-refractivity contribution >= 4 is 10.8 Å². The molecule has 0 radical (unpaired) electrons. The van der Waals surface area contributed by atoms with Crippen molar-refractivity contribution in [3.8, 4) is 0 Å². The molecule has 4 heteroatoms. The zero-order valence-corrected chi connectivity index (χ0v) is 13.7. The Kier molecular flexibility index (Phi) is 5.02. The monoisotopic (exact) mass is 308 g/mol. The second-order valence-electron chi connectivity index (χ2n) is 6.45. The van der Waals surface area contributed by atoms with E-state index in [1.54, 1.807) is 0 Å². The Labute approximate surface area is 129 Å². The molecule has 2 N–H and O–H groups in total. The van der Waals surface area contributed by atoms with E-state index in [9.17, 15) is 14.4 Å². The number of hydrogen-bond acceptors (Lipinski definition) is 3. The van der Waals surface area contributed by atoms with Crippen molar-refractivity contribution in [2.24, 2.45) is 17.3 Å². The van der Waals surface area contributed by atoms with Crippen LogP contribution in [0.15, 0.2) is 40.1 Å². The molecule has 2 rings (SSSR count). The summed E-state index contributed by atoms with van der Waals surface area (Å²) in [6, 6.07) is 7.71. The van der Waals surface area contributed by atoms with Gasteiger partial charge in [0.15, 0.2) is 0 Å². The molecule has 1 aliphatic rings. The SMILES string of the molecule is Cc1ccc(S(=O)C2=CC(C)(C)[C@@H](CO)[C@@H](CO)C2)cc1. The Bertz CT molecular complexity index is 546. The van der Waals surface area contributed by atoms with E-state index in [1.807, 2.05) is 51.1 Å². The Hall–Kier alpha value is -0.970. The summed E-state index contributed by atoms with van der Waals surface area (Å²) in [6.45, 7) is 6.11. The van der Waals surface area contributed by atoms with Crippen molar-refractivity contribution < 1.29 is 14.4 Å². The molecule has 3 nitrogen and oxygen atoms in total. The number of rotatable bonds is 4. The van der Waals surface area contributed by atoms with E-state index in [0.717, 1.165) is 15.4 Å². The van der Waals surface area contributed by atoms with E-state index in [0.29, 0.717) is 6.42 Å². The summed E-state index contributed by atoms with van der Waals surface area (Å²) in [4.78, 5) is 1.65. The van der Waals surface area contributed by atoms with Crippen LogP contribution in [-0.4, -0.2) is 27.6 Å². The van der Waals surface area contributed by atoms with Gasteiger partial charge in [-0.25, -0.2) is 4.21 Å². The number of aliphatic hydroxyl groups is 2. The van der Waals surface area contributed by atoms with Gasteiger partial charge < -0.3 is 10.2 Å². The Morgan fingerprint density at radius 2 is 1.81 bits per heavy atom. The molecule has 0 saturated heterocycles. The Balaban J connectivity index is 2.33. The lowest BCUT2D eigenvalue weighted by Gasteiger charge is -2.40. The fraction of sp³-hybridized carbons (Fsp3) is 0.529. The van der Waals surface area contributed by atoms with Gasteiger partial charge in [-0.3, -0.25) is 0 Å². The molecule has 0 aliphatic heterocycles. The maximum absolute atomic E-state index is 12.8. The van der Waals surface area contributed by atoms with Crippen LogP contribution in [0.25, 0.3) is 0 Å². The molecule has 1 aromatic rings. The van der Waals surface area contributed by atoms with Crippen molar-refractivity contribution in [1.82, 2.24) is 0 Å². The molecular weight excluding hydrogens is 284 g/mol. The third kappa shape index (κ3) is 3.44. The molecule has 0 saturated carbocycles. The van der Waals surface area contributed by atoms with Gasteiger partial charge in [0.25, 0.3) is 0 Å². The quantitative estimate of drug-likeness (QED) is 0.899. The third-order valence-corrected chi connectivity index (χ3v) is 5.89. The van der Waals surface area contributed by atoms with Crippen LogP contribution in [-0.2, 0) is 10.8 Å². The van der Waals surface area contributed by atoms with Crippen LogP contribution in [0, 0.1) is 24.2 Å². The molecule has 21 heavy (non-hydrogen) atoms. The van der Waals surface area contributed by atoms with E-state index < -0.39 is 10.8 Å². The number of allylic oxidation sites excluding steroid dienone is 2. The van der Waals surface area contributed by atoms with Gasteiger partial charge in [0.05, 0.1) is 10.8 Å². The van der Waals surface area contributed by atoms with Gasteiger partial charge in [0.1, 0.15) is 0 Å². The molecule has 1 aromatic carbocycles. The molecule has 0 amide bonds. The van der Waals surface area contributed by atoms with Gasteiger partial charge in [-0.2, -0.15) is 0 Å². The maximum Gasteiger partial charge on any atom is 0.0805 e. The second-order valence-corrected chi connectivity index (χ2v) is 7.98. The maximum atomic E-state index is 12.8. The van der Waals surface area contributed by atoms with E-state index in [4.69, 9.17) is 0 Å². The summed E-state index contributed by atoms with van der Waals surface area (Å²) in [5, 5.41) is 19.2. The highest BCUT2D eigenvalue weighted by molar-refractivity contribution is 7.89. The van der Waals surface area contributed by atoms with Gasteiger partial charge >= 0.3 is 0 Å². The van der Waals surface area contributed by atoms with Gasteiger partial charge in [0.2, 0.25) is 0 Å². The van der Waals surface area contributed by atoms with E-state index in [1.165, 1.54) is 0 Å². The van der Waals surface area contributed by atoms with Gasteiger partial charge in [-0.1, -0.05) is 37.6 Å². The highest BCUT2D eigenvalue weighted by Gasteiger charge is 2.39. The minimum absolute atomic E-state index is 0.00117. The molecule has 3 atom stereocenters. The average molecular weight is 308 g/mol. The van der Waals surface area contributed by atoms with Crippen LogP contribution in [0.4, 0.5) is 0 Å². The minimum atomic E-state index is -1.20. The molecular formula is C17H24O3S. The van der Waals surface area contributed by atoms with Crippen molar-refractivity contribution in [1.29, 1.82) is 0 Å². The predicted molar refractivity (Wildman–Crippen MR) is 85.2 cm³/mol. The third-order valence-electron chi connectivity index (χ3n) is 4.43. The molecule has 0 fully saturated rings. The standard InChI is InChI=1S/C17H24O3S/c1-12-4-6-14(7-5-12)21(20)15-8-13(10-18)16(11-19)17(2,3)9-15/h4-7,9,13,16,18-19H,8,10-11H2,1-3H3/t13-,16+,21?/m1/s1. The van der Waals surface area contributed by atoms with Crippen LogP contribution in [0.1, 0.15) is 25.8 Å². The number of hydrogen-bond donors (Lipinski definition) is 2. The van der Waals surface area contributed by atoms with E-state index in [2.05, 4.69) is 0 Å². The lowest BCUT2D eigenvalue weighted by Crippen LogP contribution is -2.38. The van der Waals surface area contributed by atoms with Crippen molar-refractivity contribution in [2.45, 2.75) is 32.1 Å². The summed E-state index contributed by atoms with van der Waals surface area (Å²) in [6.07, 6.45) is 2.60. The molecule has 1 unspecified atom stereocenters. The fourth-order valence-corrected chi connectivity index (χ4v) is 4.57. The van der Waals surface area contributed by atoms with Crippen LogP contribution >= 0.6 is 0 Å². The Morgan fingerprint density at radius 1 is 1.19 bits per heavy atom. The first-order valence-electron chi connectivity index (χ1n) is 7.31. The van der Waals surface area contributed by atoms with Gasteiger partial charge in [-0.05, 0) is 42.7 Å². The number of aryl methyl sites for hydroxylation is 1. The molecule has 0 bridgehead atoms. The first kappa shape index (κ1) is 16.4. The lowest BCUT2D eigenvalue weighted by atomic mass is 9.68. The molecule has 116 valence electrons. The van der Waals surface area contributed by atoms with Gasteiger partial charge in [-0.15, -0.1) is 0 Å². The van der Waals surface area contributed by atoms with E-state index >= 15 is 0 Å². The normalized spacial score (nSPS) is 26.2. The second kappa shape index (κ2) is 6.42. The zero-order valence-electron chi connectivity index (χ0n) is 12.9. The number of benzene rings is 1. The first-order chi connectivity index (χ1) is 9.89. The lowest BCUT2D eigenvalue weighted by molar-refractivity contribution is 0.0535. The van der Waals surface area contributed by atoms with Crippen molar-refractivity contribution in [3.05, 3.63) is 40.8 Å².